The van der Waals surface area contributed by atoms with Gasteiger partial charge in [-0.05, 0) is 74.7 Å². The molecule has 0 unspecified atom stereocenters. The number of nitrogens with zero attached hydrogens (tertiary/aromatic N) is 1. The van der Waals surface area contributed by atoms with Crippen molar-refractivity contribution in [3.05, 3.63) is 70.9 Å². The van der Waals surface area contributed by atoms with E-state index in [1.165, 1.54) is 0 Å². The highest BCUT2D eigenvalue weighted by Gasteiger charge is 2.22. The number of aromatic nitrogens is 1. The van der Waals surface area contributed by atoms with Gasteiger partial charge >= 0.3 is 5.97 Å². The normalized spacial score (nSPS) is 10.7. The van der Waals surface area contributed by atoms with E-state index in [0.29, 0.717) is 12.2 Å². The minimum absolute atomic E-state index is 0.297. The fourth-order valence-electron chi connectivity index (χ4n) is 3.44. The second kappa shape index (κ2) is 7.70. The summed E-state index contributed by atoms with van der Waals surface area (Å²) in [4.78, 5) is 12.5. The third-order valence-corrected chi connectivity index (χ3v) is 4.79. The van der Waals surface area contributed by atoms with Gasteiger partial charge in [-0.25, -0.2) is 4.79 Å². The first-order chi connectivity index (χ1) is 13.0. The van der Waals surface area contributed by atoms with Crippen LogP contribution in [0, 0.1) is 20.8 Å². The molecular formula is C23H25NO3. The summed E-state index contributed by atoms with van der Waals surface area (Å²) in [6.45, 7) is 8.31. The highest BCUT2D eigenvalue weighted by atomic mass is 16.5. The van der Waals surface area contributed by atoms with Crippen LogP contribution in [0.1, 0.15) is 34.1 Å². The Bertz CT molecular complexity index is 948. The number of benzene rings is 2. The largest absolute Gasteiger partial charge is 0.497 e. The number of hydrogen-bond acceptors (Lipinski definition) is 3. The third-order valence-electron chi connectivity index (χ3n) is 4.79. The van der Waals surface area contributed by atoms with Gasteiger partial charge in [-0.2, -0.15) is 0 Å². The number of methoxy groups -OCH3 is 1. The molecule has 4 nitrogen and oxygen atoms in total. The molecule has 3 aromatic rings. The van der Waals surface area contributed by atoms with Crippen molar-refractivity contribution in [2.75, 3.05) is 13.7 Å². The van der Waals surface area contributed by atoms with Gasteiger partial charge in [0.25, 0.3) is 0 Å². The van der Waals surface area contributed by atoms with Gasteiger partial charge in [0.1, 0.15) is 5.75 Å². The summed E-state index contributed by atoms with van der Waals surface area (Å²) >= 11 is 0. The zero-order chi connectivity index (χ0) is 19.6. The van der Waals surface area contributed by atoms with Crippen LogP contribution in [0.3, 0.4) is 0 Å². The Morgan fingerprint density at radius 3 is 2.19 bits per heavy atom. The molecule has 4 heteroatoms. The highest BCUT2D eigenvalue weighted by Crippen LogP contribution is 2.33. The molecule has 2 aromatic carbocycles. The summed E-state index contributed by atoms with van der Waals surface area (Å²) in [6.07, 6.45) is 0. The van der Waals surface area contributed by atoms with Gasteiger partial charge in [0, 0.05) is 5.69 Å². The molecule has 0 spiro atoms. The first-order valence-corrected chi connectivity index (χ1v) is 9.08. The lowest BCUT2D eigenvalue weighted by molar-refractivity contribution is 0.0525. The second-order valence-corrected chi connectivity index (χ2v) is 6.55. The van der Waals surface area contributed by atoms with Crippen molar-refractivity contribution in [2.45, 2.75) is 27.7 Å². The van der Waals surface area contributed by atoms with E-state index in [1.807, 2.05) is 50.2 Å². The molecule has 0 aliphatic heterocycles. The van der Waals surface area contributed by atoms with Gasteiger partial charge in [0.2, 0.25) is 0 Å². The van der Waals surface area contributed by atoms with Crippen LogP contribution in [-0.2, 0) is 4.74 Å². The lowest BCUT2D eigenvalue weighted by Gasteiger charge is -2.17. The van der Waals surface area contributed by atoms with Crippen LogP contribution >= 0.6 is 0 Å². The first kappa shape index (κ1) is 18.8. The summed E-state index contributed by atoms with van der Waals surface area (Å²) in [7, 11) is 1.65. The molecule has 27 heavy (non-hydrogen) atoms. The van der Waals surface area contributed by atoms with Gasteiger partial charge in [-0.3, -0.25) is 0 Å². The molecule has 0 radical (unpaired) electrons. The van der Waals surface area contributed by atoms with E-state index in [9.17, 15) is 4.79 Å². The fraction of sp³-hybridized carbons (Fsp3) is 0.261. The summed E-state index contributed by atoms with van der Waals surface area (Å²) in [5.74, 6) is 0.501. The maximum Gasteiger partial charge on any atom is 0.339 e. The summed E-state index contributed by atoms with van der Waals surface area (Å²) in [6, 6.07) is 16.0. The van der Waals surface area contributed by atoms with Crippen LogP contribution in [0.2, 0.25) is 0 Å². The van der Waals surface area contributed by atoms with Crippen molar-refractivity contribution in [3.63, 3.8) is 0 Å². The Hall–Kier alpha value is -3.01. The van der Waals surface area contributed by atoms with Gasteiger partial charge in [0.05, 0.1) is 30.7 Å². The minimum Gasteiger partial charge on any atom is -0.497 e. The number of carbonyl (C=O) groups is 1. The monoisotopic (exact) mass is 363 g/mol. The zero-order valence-electron chi connectivity index (χ0n) is 16.5. The SMILES string of the molecule is CCOC(=O)c1cc(-c2ccc(OC)cc2)n(-c2c(C)cccc2C)c1C. The molecule has 1 heterocycles. The van der Waals surface area contributed by atoms with Crippen molar-refractivity contribution in [3.8, 4) is 22.7 Å². The maximum atomic E-state index is 12.5. The van der Waals surface area contributed by atoms with Crippen molar-refractivity contribution in [1.29, 1.82) is 0 Å². The van der Waals surface area contributed by atoms with E-state index in [1.54, 1.807) is 7.11 Å². The quantitative estimate of drug-likeness (QED) is 0.581. The second-order valence-electron chi connectivity index (χ2n) is 6.55. The van der Waals surface area contributed by atoms with Crippen molar-refractivity contribution >= 4 is 5.97 Å². The average Bonchev–Trinajstić information content (AvgIpc) is 2.99. The van der Waals surface area contributed by atoms with Crippen molar-refractivity contribution < 1.29 is 14.3 Å². The minimum atomic E-state index is -0.297. The van der Waals surface area contributed by atoms with E-state index >= 15 is 0 Å². The molecule has 140 valence electrons. The van der Waals surface area contributed by atoms with Crippen molar-refractivity contribution in [1.82, 2.24) is 4.57 Å². The van der Waals surface area contributed by atoms with Gasteiger partial charge in [0.15, 0.2) is 0 Å². The van der Waals surface area contributed by atoms with Crippen LogP contribution in [0.25, 0.3) is 16.9 Å². The van der Waals surface area contributed by atoms with Gasteiger partial charge in [-0.15, -0.1) is 0 Å². The number of hydrogen-bond donors (Lipinski definition) is 0. The molecule has 0 amide bonds. The van der Waals surface area contributed by atoms with Crippen LogP contribution in [0.5, 0.6) is 5.75 Å². The first-order valence-electron chi connectivity index (χ1n) is 9.08. The Morgan fingerprint density at radius 1 is 1.00 bits per heavy atom. The Balaban J connectivity index is 2.27. The number of rotatable bonds is 5. The highest BCUT2D eigenvalue weighted by molar-refractivity contribution is 5.93. The Kier molecular flexibility index (Phi) is 5.36. The maximum absolute atomic E-state index is 12.5. The van der Waals surface area contributed by atoms with Gasteiger partial charge < -0.3 is 14.0 Å². The van der Waals surface area contributed by atoms with E-state index in [4.69, 9.17) is 9.47 Å². The predicted octanol–water partition coefficient (Wildman–Crippen LogP) is 5.25. The third kappa shape index (κ3) is 3.47. The molecule has 0 fully saturated rings. The molecule has 0 aliphatic carbocycles. The smallest absolute Gasteiger partial charge is 0.339 e. The van der Waals surface area contributed by atoms with E-state index in [2.05, 4.69) is 30.5 Å². The number of carbonyl (C=O) groups excluding carboxylic acids is 1. The molecule has 0 saturated heterocycles. The molecule has 0 bridgehead atoms. The summed E-state index contributed by atoms with van der Waals surface area (Å²) < 4.78 is 12.7. The molecular weight excluding hydrogens is 338 g/mol. The van der Waals surface area contributed by atoms with Crippen LogP contribution in [0.4, 0.5) is 0 Å². The number of aryl methyl sites for hydroxylation is 2. The Labute approximate surface area is 160 Å². The average molecular weight is 363 g/mol. The van der Waals surface area contributed by atoms with Crippen LogP contribution in [-0.4, -0.2) is 24.3 Å². The molecule has 0 N–H and O–H groups in total. The molecule has 0 atom stereocenters. The Morgan fingerprint density at radius 2 is 1.63 bits per heavy atom. The summed E-state index contributed by atoms with van der Waals surface area (Å²) in [5.41, 5.74) is 6.82. The topological polar surface area (TPSA) is 40.5 Å². The van der Waals surface area contributed by atoms with Crippen LogP contribution < -0.4 is 4.74 Å². The lowest BCUT2D eigenvalue weighted by Crippen LogP contribution is -2.08. The molecule has 1 aromatic heterocycles. The number of esters is 1. The number of para-hydroxylation sites is 1. The number of ether oxygens (including phenoxy) is 2. The summed E-state index contributed by atoms with van der Waals surface area (Å²) in [5, 5.41) is 0. The van der Waals surface area contributed by atoms with Gasteiger partial charge in [-0.1, -0.05) is 18.2 Å². The molecule has 0 aliphatic rings. The standard InChI is InChI=1S/C23H25NO3/c1-6-27-23(25)20-14-21(18-10-12-19(26-5)13-11-18)24(17(20)4)22-15(2)8-7-9-16(22)3/h7-14H,6H2,1-5H3. The van der Waals surface area contributed by atoms with Crippen LogP contribution in [0.15, 0.2) is 48.5 Å². The fourth-order valence-corrected chi connectivity index (χ4v) is 3.44. The van der Waals surface area contributed by atoms with E-state index in [0.717, 1.165) is 39.5 Å². The lowest BCUT2D eigenvalue weighted by atomic mass is 10.1. The van der Waals surface area contributed by atoms with E-state index < -0.39 is 0 Å². The predicted molar refractivity (Wildman–Crippen MR) is 108 cm³/mol. The zero-order valence-corrected chi connectivity index (χ0v) is 16.5. The molecule has 0 saturated carbocycles. The van der Waals surface area contributed by atoms with Crippen molar-refractivity contribution in [2.24, 2.45) is 0 Å². The molecule has 3 rings (SSSR count). The van der Waals surface area contributed by atoms with E-state index in [-0.39, 0.29) is 5.97 Å².